The number of aromatic nitrogens is 1. The molecule has 3 nitrogen and oxygen atoms in total. The first-order chi connectivity index (χ1) is 10.8. The second-order valence-corrected chi connectivity index (χ2v) is 7.03. The third-order valence-corrected chi connectivity index (χ3v) is 6.02. The van der Waals surface area contributed by atoms with Crippen molar-refractivity contribution < 1.29 is 10.0 Å². The van der Waals surface area contributed by atoms with E-state index in [1.54, 1.807) is 4.90 Å². The van der Waals surface area contributed by atoms with Gasteiger partial charge in [0, 0.05) is 30.3 Å². The van der Waals surface area contributed by atoms with E-state index in [9.17, 15) is 5.11 Å². The average molecular weight is 297 g/mol. The lowest BCUT2D eigenvalue weighted by atomic mass is 9.72. The van der Waals surface area contributed by atoms with Gasteiger partial charge in [0.2, 0.25) is 0 Å². The molecule has 2 aromatic rings. The number of quaternary nitrogens is 1. The molecule has 3 heteroatoms. The van der Waals surface area contributed by atoms with Crippen molar-refractivity contribution in [1.82, 2.24) is 4.98 Å². The predicted octanol–water partition coefficient (Wildman–Crippen LogP) is 1.97. The van der Waals surface area contributed by atoms with Crippen LogP contribution in [0.2, 0.25) is 0 Å². The van der Waals surface area contributed by atoms with Gasteiger partial charge in [0.25, 0.3) is 0 Å². The van der Waals surface area contributed by atoms with Crippen molar-refractivity contribution in [3.8, 4) is 0 Å². The van der Waals surface area contributed by atoms with Gasteiger partial charge in [0.15, 0.2) is 0 Å². The van der Waals surface area contributed by atoms with Crippen LogP contribution in [0.5, 0.6) is 0 Å². The van der Waals surface area contributed by atoms with E-state index in [0.717, 1.165) is 28.3 Å². The van der Waals surface area contributed by atoms with E-state index in [-0.39, 0.29) is 6.10 Å². The Balaban J connectivity index is 1.66. The smallest absolute Gasteiger partial charge is 0.131 e. The third-order valence-electron chi connectivity index (χ3n) is 6.02. The number of nitrogens with zero attached hydrogens (tertiary/aromatic N) is 1. The number of piperidine rings is 3. The SMILES string of the molecule is CC[C@@H]1C[NH+]2CC[C@H]1C[C@@H]2[C@@H](O)c1ccnc2ccccc12. The summed E-state index contributed by atoms with van der Waals surface area (Å²) in [7, 11) is 0. The van der Waals surface area contributed by atoms with Gasteiger partial charge in [-0.1, -0.05) is 25.1 Å². The highest BCUT2D eigenvalue weighted by Gasteiger charge is 2.46. The highest BCUT2D eigenvalue weighted by molar-refractivity contribution is 5.82. The Morgan fingerprint density at radius 3 is 2.95 bits per heavy atom. The van der Waals surface area contributed by atoms with E-state index >= 15 is 0 Å². The standard InChI is InChI=1S/C19H24N2O/c1-2-13-12-21-10-8-14(13)11-18(21)19(22)16-7-9-20-17-6-4-3-5-15(16)17/h3-7,9,13-14,18-19,22H,2,8,10-12H2,1H3/p+1/t13-,14+,18-,19+/m1/s1. The lowest BCUT2D eigenvalue weighted by Gasteiger charge is -2.48. The minimum absolute atomic E-state index is 0.354. The number of hydrogen-bond acceptors (Lipinski definition) is 2. The number of nitrogens with one attached hydrogen (secondary N) is 1. The fourth-order valence-corrected chi connectivity index (χ4v) is 4.77. The number of pyridine rings is 1. The van der Waals surface area contributed by atoms with Crippen LogP contribution < -0.4 is 4.90 Å². The number of aliphatic hydroxyl groups is 1. The predicted molar refractivity (Wildman–Crippen MR) is 87.7 cm³/mol. The molecule has 0 amide bonds. The van der Waals surface area contributed by atoms with Crippen molar-refractivity contribution in [2.24, 2.45) is 11.8 Å². The van der Waals surface area contributed by atoms with Crippen LogP contribution in [0, 0.1) is 11.8 Å². The molecule has 1 unspecified atom stereocenters. The van der Waals surface area contributed by atoms with Crippen LogP contribution in [-0.2, 0) is 0 Å². The van der Waals surface area contributed by atoms with E-state index in [1.807, 2.05) is 30.5 Å². The van der Waals surface area contributed by atoms with Gasteiger partial charge in [-0.05, 0) is 30.0 Å². The highest BCUT2D eigenvalue weighted by Crippen LogP contribution is 2.34. The van der Waals surface area contributed by atoms with Gasteiger partial charge in [-0.15, -0.1) is 0 Å². The molecule has 4 heterocycles. The zero-order chi connectivity index (χ0) is 15.1. The van der Waals surface area contributed by atoms with Crippen LogP contribution in [0.4, 0.5) is 0 Å². The van der Waals surface area contributed by atoms with Crippen LogP contribution in [0.1, 0.15) is 37.9 Å². The fourth-order valence-electron chi connectivity index (χ4n) is 4.77. The summed E-state index contributed by atoms with van der Waals surface area (Å²) in [4.78, 5) is 6.04. The topological polar surface area (TPSA) is 37.6 Å². The first kappa shape index (κ1) is 14.2. The Labute approximate surface area is 132 Å². The van der Waals surface area contributed by atoms with Crippen molar-refractivity contribution >= 4 is 10.9 Å². The fraction of sp³-hybridized carbons (Fsp3) is 0.526. The van der Waals surface area contributed by atoms with E-state index in [0.29, 0.717) is 6.04 Å². The molecule has 0 radical (unpaired) electrons. The molecule has 22 heavy (non-hydrogen) atoms. The second kappa shape index (κ2) is 5.64. The molecular weight excluding hydrogens is 272 g/mol. The van der Waals surface area contributed by atoms with E-state index in [2.05, 4.69) is 18.0 Å². The zero-order valence-corrected chi connectivity index (χ0v) is 13.2. The average Bonchev–Trinajstić information content (AvgIpc) is 2.60. The number of hydrogen-bond donors (Lipinski definition) is 2. The van der Waals surface area contributed by atoms with Crippen molar-refractivity contribution in [3.05, 3.63) is 42.1 Å². The molecule has 5 rings (SSSR count). The van der Waals surface area contributed by atoms with Crippen LogP contribution in [0.25, 0.3) is 10.9 Å². The van der Waals surface area contributed by atoms with Gasteiger partial charge < -0.3 is 10.0 Å². The first-order valence-electron chi connectivity index (χ1n) is 8.64. The van der Waals surface area contributed by atoms with Crippen molar-refractivity contribution in [1.29, 1.82) is 0 Å². The van der Waals surface area contributed by atoms with E-state index in [4.69, 9.17) is 0 Å². The van der Waals surface area contributed by atoms with Gasteiger partial charge in [-0.2, -0.15) is 0 Å². The Morgan fingerprint density at radius 1 is 1.32 bits per heavy atom. The number of aliphatic hydroxyl groups excluding tert-OH is 1. The van der Waals surface area contributed by atoms with Gasteiger partial charge in [0.1, 0.15) is 12.1 Å². The molecule has 3 aliphatic rings. The molecule has 1 aromatic heterocycles. The molecule has 116 valence electrons. The Hall–Kier alpha value is -1.45. The minimum Gasteiger partial charge on any atom is -0.382 e. The number of benzene rings is 1. The van der Waals surface area contributed by atoms with Crippen molar-refractivity contribution in [2.45, 2.75) is 38.3 Å². The van der Waals surface area contributed by atoms with Crippen LogP contribution >= 0.6 is 0 Å². The summed E-state index contributed by atoms with van der Waals surface area (Å²) in [6.07, 6.45) is 5.26. The molecule has 2 bridgehead atoms. The largest absolute Gasteiger partial charge is 0.382 e. The summed E-state index contributed by atoms with van der Waals surface area (Å²) >= 11 is 0. The van der Waals surface area contributed by atoms with E-state index < -0.39 is 0 Å². The molecule has 2 N–H and O–H groups in total. The van der Waals surface area contributed by atoms with Gasteiger partial charge in [0.05, 0.1) is 18.6 Å². The summed E-state index contributed by atoms with van der Waals surface area (Å²) in [5, 5.41) is 12.2. The molecule has 0 aliphatic carbocycles. The molecular formula is C19H25N2O+. The summed E-state index contributed by atoms with van der Waals surface area (Å²) < 4.78 is 0. The maximum Gasteiger partial charge on any atom is 0.131 e. The lowest BCUT2D eigenvalue weighted by molar-refractivity contribution is -0.950. The zero-order valence-electron chi connectivity index (χ0n) is 13.2. The molecule has 1 aromatic carbocycles. The summed E-state index contributed by atoms with van der Waals surface area (Å²) in [6, 6.07) is 10.5. The van der Waals surface area contributed by atoms with Crippen molar-refractivity contribution in [2.75, 3.05) is 13.1 Å². The maximum absolute atomic E-state index is 11.1. The van der Waals surface area contributed by atoms with Crippen molar-refractivity contribution in [3.63, 3.8) is 0 Å². The van der Waals surface area contributed by atoms with Crippen LogP contribution in [-0.4, -0.2) is 29.2 Å². The highest BCUT2D eigenvalue weighted by atomic mass is 16.3. The molecule has 3 fully saturated rings. The number of rotatable bonds is 3. The normalized spacial score (nSPS) is 32.3. The Morgan fingerprint density at radius 2 is 2.18 bits per heavy atom. The van der Waals surface area contributed by atoms with E-state index in [1.165, 1.54) is 32.4 Å². The number of fused-ring (bicyclic) bond motifs is 4. The molecule has 3 saturated heterocycles. The molecule has 0 spiro atoms. The quantitative estimate of drug-likeness (QED) is 0.909. The first-order valence-corrected chi connectivity index (χ1v) is 8.64. The summed E-state index contributed by atoms with van der Waals surface area (Å²) in [6.45, 7) is 4.78. The second-order valence-electron chi connectivity index (χ2n) is 7.03. The molecule has 3 aliphatic heterocycles. The number of para-hydroxylation sites is 1. The Kier molecular flexibility index (Phi) is 3.63. The van der Waals surface area contributed by atoms with Gasteiger partial charge in [-0.3, -0.25) is 4.98 Å². The molecule has 0 saturated carbocycles. The summed E-state index contributed by atoms with van der Waals surface area (Å²) in [5.41, 5.74) is 2.04. The lowest BCUT2D eigenvalue weighted by Crippen LogP contribution is -3.20. The van der Waals surface area contributed by atoms with Gasteiger partial charge >= 0.3 is 0 Å². The Bertz CT molecular complexity index is 666. The van der Waals surface area contributed by atoms with Gasteiger partial charge in [-0.25, -0.2) is 0 Å². The third kappa shape index (κ3) is 2.24. The monoisotopic (exact) mass is 297 g/mol. The van der Waals surface area contributed by atoms with Crippen LogP contribution in [0.15, 0.2) is 36.5 Å². The van der Waals surface area contributed by atoms with Crippen LogP contribution in [0.3, 0.4) is 0 Å². The molecule has 5 atom stereocenters. The minimum atomic E-state index is -0.372. The summed E-state index contributed by atoms with van der Waals surface area (Å²) in [5.74, 6) is 1.68. The maximum atomic E-state index is 11.1.